The number of hydrogen-bond donors (Lipinski definition) is 2. The molecule has 1 aliphatic carbocycles. The summed E-state index contributed by atoms with van der Waals surface area (Å²) in [5.74, 6) is 0.369. The molecule has 2 aromatic rings. The molecular weight excluding hydrogens is 340 g/mol. The van der Waals surface area contributed by atoms with Gasteiger partial charge in [0.2, 0.25) is 5.91 Å². The van der Waals surface area contributed by atoms with Crippen molar-refractivity contribution in [1.29, 1.82) is 0 Å². The van der Waals surface area contributed by atoms with E-state index in [1.165, 1.54) is 0 Å². The van der Waals surface area contributed by atoms with E-state index in [9.17, 15) is 9.59 Å². The van der Waals surface area contributed by atoms with Crippen molar-refractivity contribution < 1.29 is 14.3 Å². The van der Waals surface area contributed by atoms with Gasteiger partial charge in [0, 0.05) is 11.6 Å². The molecule has 3 rings (SSSR count). The molecule has 0 atom stereocenters. The molecule has 1 aliphatic rings. The first-order chi connectivity index (χ1) is 13.1. The molecular formula is C22H26N2O3. The van der Waals surface area contributed by atoms with Gasteiger partial charge < -0.3 is 15.4 Å². The predicted molar refractivity (Wildman–Crippen MR) is 106 cm³/mol. The Bertz CT molecular complexity index is 826. The maximum atomic E-state index is 12.6. The van der Waals surface area contributed by atoms with Crippen LogP contribution < -0.4 is 15.4 Å². The maximum Gasteiger partial charge on any atom is 0.253 e. The molecule has 0 radical (unpaired) electrons. The number of methoxy groups -OCH3 is 1. The Labute approximate surface area is 160 Å². The van der Waals surface area contributed by atoms with Crippen molar-refractivity contribution in [3.63, 3.8) is 0 Å². The summed E-state index contributed by atoms with van der Waals surface area (Å²) in [5.41, 5.74) is 2.91. The van der Waals surface area contributed by atoms with Crippen molar-refractivity contribution in [2.75, 3.05) is 12.4 Å². The van der Waals surface area contributed by atoms with Crippen LogP contribution in [0.4, 0.5) is 5.69 Å². The van der Waals surface area contributed by atoms with Gasteiger partial charge in [0.05, 0.1) is 24.8 Å². The molecule has 0 unspecified atom stereocenters. The first-order valence-electron chi connectivity index (χ1n) is 9.40. The summed E-state index contributed by atoms with van der Waals surface area (Å²) in [6.45, 7) is 1.98. The zero-order chi connectivity index (χ0) is 19.2. The second kappa shape index (κ2) is 8.71. The van der Waals surface area contributed by atoms with Crippen LogP contribution in [0.25, 0.3) is 0 Å². The van der Waals surface area contributed by atoms with Crippen molar-refractivity contribution in [3.05, 3.63) is 59.2 Å². The fourth-order valence-electron chi connectivity index (χ4n) is 3.54. The van der Waals surface area contributed by atoms with Crippen LogP contribution in [0.15, 0.2) is 42.5 Å². The van der Waals surface area contributed by atoms with Gasteiger partial charge in [-0.2, -0.15) is 0 Å². The molecule has 5 heteroatoms. The Hall–Kier alpha value is -2.82. The van der Waals surface area contributed by atoms with E-state index in [-0.39, 0.29) is 24.3 Å². The van der Waals surface area contributed by atoms with Gasteiger partial charge >= 0.3 is 0 Å². The van der Waals surface area contributed by atoms with E-state index in [2.05, 4.69) is 10.6 Å². The van der Waals surface area contributed by atoms with Crippen molar-refractivity contribution in [3.8, 4) is 5.75 Å². The van der Waals surface area contributed by atoms with E-state index in [1.807, 2.05) is 37.3 Å². The van der Waals surface area contributed by atoms with E-state index in [4.69, 9.17) is 4.74 Å². The lowest BCUT2D eigenvalue weighted by atomic mass is 10.1. The Morgan fingerprint density at radius 1 is 1.11 bits per heavy atom. The Morgan fingerprint density at radius 2 is 1.85 bits per heavy atom. The number of carbonyl (C=O) groups excluding carboxylic acids is 2. The summed E-state index contributed by atoms with van der Waals surface area (Å²) in [6.07, 6.45) is 4.54. The fraction of sp³-hybridized carbons (Fsp3) is 0.364. The predicted octanol–water partition coefficient (Wildman–Crippen LogP) is 3.86. The summed E-state index contributed by atoms with van der Waals surface area (Å²) < 4.78 is 5.34. The summed E-state index contributed by atoms with van der Waals surface area (Å²) in [7, 11) is 1.59. The van der Waals surface area contributed by atoms with E-state index in [1.54, 1.807) is 19.2 Å². The van der Waals surface area contributed by atoms with E-state index < -0.39 is 0 Å². The summed E-state index contributed by atoms with van der Waals surface area (Å²) >= 11 is 0. The van der Waals surface area contributed by atoms with Gasteiger partial charge in [-0.05, 0) is 38.0 Å². The van der Waals surface area contributed by atoms with Crippen LogP contribution in [0.3, 0.4) is 0 Å². The highest BCUT2D eigenvalue weighted by molar-refractivity contribution is 6.04. The topological polar surface area (TPSA) is 67.4 Å². The number of aryl methyl sites for hydroxylation is 1. The number of para-hydroxylation sites is 1. The quantitative estimate of drug-likeness (QED) is 0.816. The smallest absolute Gasteiger partial charge is 0.253 e. The highest BCUT2D eigenvalue weighted by Crippen LogP contribution is 2.22. The minimum Gasteiger partial charge on any atom is -0.496 e. The molecule has 0 aromatic heterocycles. The second-order valence-corrected chi connectivity index (χ2v) is 7.04. The SMILES string of the molecule is COc1ccc(C)cc1CC(=O)Nc1ccccc1C(=O)NC1CCCC1. The third-order valence-electron chi connectivity index (χ3n) is 4.92. The Kier molecular flexibility index (Phi) is 6.12. The number of carbonyl (C=O) groups is 2. The molecule has 0 bridgehead atoms. The molecule has 2 amide bonds. The van der Waals surface area contributed by atoms with Gasteiger partial charge in [-0.3, -0.25) is 9.59 Å². The minimum atomic E-state index is -0.181. The standard InChI is InChI=1S/C22H26N2O3/c1-15-11-12-20(27-2)16(13-15)14-21(25)24-19-10-6-5-9-18(19)22(26)23-17-7-3-4-8-17/h5-6,9-13,17H,3-4,7-8,14H2,1-2H3,(H,23,26)(H,24,25). The molecule has 27 heavy (non-hydrogen) atoms. The minimum absolute atomic E-state index is 0.133. The number of amides is 2. The number of hydrogen-bond acceptors (Lipinski definition) is 3. The Morgan fingerprint density at radius 3 is 2.59 bits per heavy atom. The molecule has 0 heterocycles. The van der Waals surface area contributed by atoms with Gasteiger partial charge in [0.15, 0.2) is 0 Å². The van der Waals surface area contributed by atoms with Crippen LogP contribution in [0, 0.1) is 6.92 Å². The summed E-state index contributed by atoms with van der Waals surface area (Å²) in [5, 5.41) is 5.95. The first kappa shape index (κ1) is 19.0. The lowest BCUT2D eigenvalue weighted by Crippen LogP contribution is -2.33. The van der Waals surface area contributed by atoms with Gasteiger partial charge in [0.1, 0.15) is 5.75 Å². The first-order valence-corrected chi connectivity index (χ1v) is 9.40. The number of nitrogens with one attached hydrogen (secondary N) is 2. The normalized spacial score (nSPS) is 14.0. The van der Waals surface area contributed by atoms with Gasteiger partial charge in [-0.1, -0.05) is 42.7 Å². The van der Waals surface area contributed by atoms with Crippen molar-refractivity contribution in [2.45, 2.75) is 45.1 Å². The van der Waals surface area contributed by atoms with Crippen LogP contribution in [-0.2, 0) is 11.2 Å². The lowest BCUT2D eigenvalue weighted by Gasteiger charge is -2.15. The molecule has 142 valence electrons. The van der Waals surface area contributed by atoms with Crippen LogP contribution in [0.1, 0.15) is 47.2 Å². The van der Waals surface area contributed by atoms with Crippen molar-refractivity contribution >= 4 is 17.5 Å². The van der Waals surface area contributed by atoms with E-state index in [0.29, 0.717) is 17.0 Å². The fourth-order valence-corrected chi connectivity index (χ4v) is 3.54. The van der Waals surface area contributed by atoms with Gasteiger partial charge in [0.25, 0.3) is 5.91 Å². The van der Waals surface area contributed by atoms with E-state index >= 15 is 0 Å². The molecule has 0 saturated heterocycles. The second-order valence-electron chi connectivity index (χ2n) is 7.04. The number of rotatable bonds is 6. The maximum absolute atomic E-state index is 12.6. The number of benzene rings is 2. The largest absolute Gasteiger partial charge is 0.496 e. The summed E-state index contributed by atoms with van der Waals surface area (Å²) in [6, 6.07) is 13.1. The highest BCUT2D eigenvalue weighted by atomic mass is 16.5. The zero-order valence-electron chi connectivity index (χ0n) is 15.9. The average Bonchev–Trinajstić information content (AvgIpc) is 3.15. The molecule has 0 spiro atoms. The van der Waals surface area contributed by atoms with Crippen molar-refractivity contribution in [2.24, 2.45) is 0 Å². The molecule has 2 aromatic carbocycles. The monoisotopic (exact) mass is 366 g/mol. The summed E-state index contributed by atoms with van der Waals surface area (Å²) in [4.78, 5) is 25.2. The zero-order valence-corrected chi connectivity index (χ0v) is 15.9. The third kappa shape index (κ3) is 4.88. The van der Waals surface area contributed by atoms with Crippen LogP contribution >= 0.6 is 0 Å². The highest BCUT2D eigenvalue weighted by Gasteiger charge is 2.20. The molecule has 1 fully saturated rings. The average molecular weight is 366 g/mol. The van der Waals surface area contributed by atoms with E-state index in [0.717, 1.165) is 36.8 Å². The molecule has 1 saturated carbocycles. The van der Waals surface area contributed by atoms with Gasteiger partial charge in [-0.15, -0.1) is 0 Å². The van der Waals surface area contributed by atoms with Gasteiger partial charge in [-0.25, -0.2) is 0 Å². The van der Waals surface area contributed by atoms with Crippen LogP contribution in [-0.4, -0.2) is 25.0 Å². The van der Waals surface area contributed by atoms with Crippen LogP contribution in [0.5, 0.6) is 5.75 Å². The van der Waals surface area contributed by atoms with Crippen LogP contribution in [0.2, 0.25) is 0 Å². The molecule has 2 N–H and O–H groups in total. The molecule has 0 aliphatic heterocycles. The third-order valence-corrected chi connectivity index (χ3v) is 4.92. The lowest BCUT2D eigenvalue weighted by molar-refractivity contribution is -0.115. The number of anilines is 1. The van der Waals surface area contributed by atoms with Crippen molar-refractivity contribution in [1.82, 2.24) is 5.32 Å². The molecule has 5 nitrogen and oxygen atoms in total. The number of ether oxygens (including phenoxy) is 1. The Balaban J connectivity index is 1.71.